The van der Waals surface area contributed by atoms with Crippen LogP contribution in [0.2, 0.25) is 0 Å². The van der Waals surface area contributed by atoms with E-state index in [9.17, 15) is 4.79 Å². The van der Waals surface area contributed by atoms with Gasteiger partial charge in [-0.05, 0) is 18.3 Å². The fourth-order valence-corrected chi connectivity index (χ4v) is 1.38. The van der Waals surface area contributed by atoms with E-state index >= 15 is 0 Å². The molecule has 0 aromatic rings. The van der Waals surface area contributed by atoms with Crippen molar-refractivity contribution < 1.29 is 4.79 Å². The summed E-state index contributed by atoms with van der Waals surface area (Å²) in [5.74, 6) is 0.792. The van der Waals surface area contributed by atoms with E-state index in [4.69, 9.17) is 5.73 Å². The topological polar surface area (TPSA) is 40.9 Å². The summed E-state index contributed by atoms with van der Waals surface area (Å²) in [6, 6.07) is 0. The zero-order valence-electron chi connectivity index (χ0n) is 5.85. The van der Waals surface area contributed by atoms with E-state index in [2.05, 4.69) is 6.92 Å². The van der Waals surface area contributed by atoms with E-state index in [0.717, 1.165) is 6.42 Å². The van der Waals surface area contributed by atoms with Crippen LogP contribution in [0.1, 0.15) is 20.3 Å². The Morgan fingerprint density at radius 3 is 2.22 bits per heavy atom. The molecule has 51 valence electrons. The minimum absolute atomic E-state index is 0.0556. The molecule has 0 bridgehead atoms. The second-order valence-electron chi connectivity index (χ2n) is 3.04. The predicted octanol–water partition coefficient (Wildman–Crippen LogP) is 1.09. The van der Waals surface area contributed by atoms with Gasteiger partial charge in [0.05, 0.1) is 0 Å². The zero-order chi connectivity index (χ0) is 7.02. The number of nitrogens with one attached hydrogen (secondary N) is 1. The summed E-state index contributed by atoms with van der Waals surface area (Å²) in [4.78, 5) is 10.4. The van der Waals surface area contributed by atoms with Gasteiger partial charge in [0.25, 0.3) is 0 Å². The van der Waals surface area contributed by atoms with Gasteiger partial charge in [-0.1, -0.05) is 13.8 Å². The van der Waals surface area contributed by atoms with Crippen molar-refractivity contribution in [2.45, 2.75) is 20.3 Å². The number of rotatable bonds is 1. The third kappa shape index (κ3) is 0.934. The van der Waals surface area contributed by atoms with E-state index in [1.807, 2.05) is 6.92 Å². The molecule has 0 spiro atoms. The Labute approximate surface area is 55.4 Å². The fourth-order valence-electron chi connectivity index (χ4n) is 1.38. The highest BCUT2D eigenvalue weighted by Crippen LogP contribution is 2.39. The highest BCUT2D eigenvalue weighted by Gasteiger charge is 2.38. The summed E-state index contributed by atoms with van der Waals surface area (Å²) in [5, 5.41) is 0. The molecular formula is C7H12NO. The van der Waals surface area contributed by atoms with Crippen LogP contribution in [0.3, 0.4) is 0 Å². The lowest BCUT2D eigenvalue weighted by Gasteiger charge is -2.38. The second-order valence-corrected chi connectivity index (χ2v) is 3.04. The molecule has 1 radical (unpaired) electrons. The lowest BCUT2D eigenvalue weighted by molar-refractivity contribution is -0.129. The fraction of sp³-hybridized carbons (Fsp3) is 0.857. The predicted molar refractivity (Wildman–Crippen MR) is 34.5 cm³/mol. The van der Waals surface area contributed by atoms with Crippen LogP contribution < -0.4 is 5.73 Å². The monoisotopic (exact) mass is 126 g/mol. The van der Waals surface area contributed by atoms with Crippen LogP contribution in [-0.2, 0) is 4.79 Å². The third-order valence-corrected chi connectivity index (χ3v) is 2.49. The molecule has 0 aliphatic heterocycles. The van der Waals surface area contributed by atoms with Crippen molar-refractivity contribution >= 4 is 5.91 Å². The highest BCUT2D eigenvalue weighted by molar-refractivity contribution is 5.77. The Bertz CT molecular complexity index is 133. The van der Waals surface area contributed by atoms with Crippen molar-refractivity contribution in [1.29, 1.82) is 0 Å². The SMILES string of the molecule is CC1CC(C([NH])=O)C1C. The molecule has 1 saturated carbocycles. The summed E-state index contributed by atoms with van der Waals surface area (Å²) < 4.78 is 0. The first-order chi connectivity index (χ1) is 4.13. The molecule has 1 fully saturated rings. The van der Waals surface area contributed by atoms with Crippen LogP contribution in [0.4, 0.5) is 0 Å². The number of carbonyl (C=O) groups excluding carboxylic acids is 1. The van der Waals surface area contributed by atoms with E-state index < -0.39 is 0 Å². The van der Waals surface area contributed by atoms with Gasteiger partial charge in [-0.2, -0.15) is 0 Å². The Morgan fingerprint density at radius 1 is 1.56 bits per heavy atom. The third-order valence-electron chi connectivity index (χ3n) is 2.49. The van der Waals surface area contributed by atoms with Crippen molar-refractivity contribution in [1.82, 2.24) is 5.73 Å². The average molecular weight is 126 g/mol. The number of amides is 1. The number of hydrogen-bond acceptors (Lipinski definition) is 1. The summed E-state index contributed by atoms with van der Waals surface area (Å²) >= 11 is 0. The average Bonchev–Trinajstić information content (AvgIpc) is 1.81. The van der Waals surface area contributed by atoms with E-state index in [0.29, 0.717) is 11.8 Å². The minimum atomic E-state index is -0.374. The first kappa shape index (κ1) is 6.59. The lowest BCUT2D eigenvalue weighted by atomic mass is 9.66. The van der Waals surface area contributed by atoms with Crippen LogP contribution in [0.15, 0.2) is 0 Å². The van der Waals surface area contributed by atoms with Gasteiger partial charge < -0.3 is 0 Å². The molecule has 1 aliphatic rings. The summed E-state index contributed by atoms with van der Waals surface area (Å²) in [7, 11) is 0. The summed E-state index contributed by atoms with van der Waals surface area (Å²) in [6.07, 6.45) is 0.934. The standard InChI is InChI=1S/C7H12NO/c1-4-3-6(5(4)2)7(8)9/h4-6,8H,3H2,1-2H3. The van der Waals surface area contributed by atoms with Crippen LogP contribution in [0.5, 0.6) is 0 Å². The molecule has 2 heteroatoms. The van der Waals surface area contributed by atoms with E-state index in [-0.39, 0.29) is 11.8 Å². The minimum Gasteiger partial charge on any atom is -0.273 e. The van der Waals surface area contributed by atoms with Crippen LogP contribution in [-0.4, -0.2) is 5.91 Å². The molecule has 0 heterocycles. The normalized spacial score (nSPS) is 41.8. The van der Waals surface area contributed by atoms with Crippen molar-refractivity contribution in [2.75, 3.05) is 0 Å². The molecule has 1 rings (SSSR count). The molecule has 1 amide bonds. The Kier molecular flexibility index (Phi) is 1.47. The first-order valence-corrected chi connectivity index (χ1v) is 3.38. The van der Waals surface area contributed by atoms with Crippen LogP contribution in [0.25, 0.3) is 0 Å². The van der Waals surface area contributed by atoms with Crippen molar-refractivity contribution in [3.05, 3.63) is 0 Å². The first-order valence-electron chi connectivity index (χ1n) is 3.38. The Morgan fingerprint density at radius 2 is 2.11 bits per heavy atom. The van der Waals surface area contributed by atoms with Gasteiger partial charge in [0.15, 0.2) is 0 Å². The molecule has 2 nitrogen and oxygen atoms in total. The van der Waals surface area contributed by atoms with Crippen LogP contribution in [0, 0.1) is 17.8 Å². The number of carbonyl (C=O) groups is 1. The molecule has 0 aromatic carbocycles. The maximum absolute atomic E-state index is 10.4. The van der Waals surface area contributed by atoms with Gasteiger partial charge in [-0.15, -0.1) is 0 Å². The smallest absolute Gasteiger partial charge is 0.241 e. The molecule has 1 N–H and O–H groups in total. The van der Waals surface area contributed by atoms with E-state index in [1.165, 1.54) is 0 Å². The highest BCUT2D eigenvalue weighted by atomic mass is 16.1. The van der Waals surface area contributed by atoms with E-state index in [1.54, 1.807) is 0 Å². The van der Waals surface area contributed by atoms with Gasteiger partial charge in [-0.25, -0.2) is 0 Å². The molecule has 1 aliphatic carbocycles. The molecular weight excluding hydrogens is 114 g/mol. The number of hydrogen-bond donors (Lipinski definition) is 0. The van der Waals surface area contributed by atoms with Crippen molar-refractivity contribution in [3.8, 4) is 0 Å². The summed E-state index contributed by atoms with van der Waals surface area (Å²) in [5.41, 5.74) is 6.82. The molecule has 3 atom stereocenters. The maximum Gasteiger partial charge on any atom is 0.241 e. The van der Waals surface area contributed by atoms with Gasteiger partial charge in [0, 0.05) is 5.92 Å². The van der Waals surface area contributed by atoms with Crippen molar-refractivity contribution in [3.63, 3.8) is 0 Å². The quantitative estimate of drug-likeness (QED) is 0.518. The molecule has 0 aromatic heterocycles. The van der Waals surface area contributed by atoms with Gasteiger partial charge in [-0.3, -0.25) is 10.5 Å². The Balaban J connectivity index is 2.42. The lowest BCUT2D eigenvalue weighted by Crippen LogP contribution is -2.38. The second kappa shape index (κ2) is 2.01. The van der Waals surface area contributed by atoms with Gasteiger partial charge >= 0.3 is 0 Å². The molecule has 3 unspecified atom stereocenters. The maximum atomic E-state index is 10.4. The summed E-state index contributed by atoms with van der Waals surface area (Å²) in [6.45, 7) is 4.18. The van der Waals surface area contributed by atoms with Crippen molar-refractivity contribution in [2.24, 2.45) is 17.8 Å². The molecule has 9 heavy (non-hydrogen) atoms. The zero-order valence-corrected chi connectivity index (χ0v) is 5.85. The largest absolute Gasteiger partial charge is 0.273 e. The molecule has 0 saturated heterocycles. The van der Waals surface area contributed by atoms with Crippen LogP contribution >= 0.6 is 0 Å². The van der Waals surface area contributed by atoms with Gasteiger partial charge in [0.2, 0.25) is 5.91 Å². The van der Waals surface area contributed by atoms with Gasteiger partial charge in [0.1, 0.15) is 0 Å². The Hall–Kier alpha value is -0.530.